The lowest BCUT2D eigenvalue weighted by atomic mass is 10.0. The van der Waals surface area contributed by atoms with Gasteiger partial charge in [-0.3, -0.25) is 4.79 Å². The Morgan fingerprint density at radius 3 is 2.86 bits per heavy atom. The van der Waals surface area contributed by atoms with Crippen LogP contribution in [0.1, 0.15) is 26.2 Å². The fourth-order valence-corrected chi connectivity index (χ4v) is 2.88. The molecule has 0 saturated carbocycles. The summed E-state index contributed by atoms with van der Waals surface area (Å²) in [6.07, 6.45) is 4.62. The molecule has 1 fully saturated rings. The standard InChI is InChI=1S/C15H17F2N3O/c1-10-4-2-3-5-20(10)15(21)8-19-9-18-13-6-11(16)12(17)7-14(13)19/h6-7,9-10H,2-5,8H2,1H3/t10-/m0/s1. The van der Waals surface area contributed by atoms with Gasteiger partial charge in [0, 0.05) is 24.7 Å². The predicted molar refractivity (Wildman–Crippen MR) is 74.7 cm³/mol. The number of piperidine rings is 1. The number of hydrogen-bond donors (Lipinski definition) is 0. The van der Waals surface area contributed by atoms with Crippen molar-refractivity contribution in [3.63, 3.8) is 0 Å². The quantitative estimate of drug-likeness (QED) is 0.854. The first-order chi connectivity index (χ1) is 10.1. The van der Waals surface area contributed by atoms with E-state index < -0.39 is 11.6 Å². The molecule has 0 radical (unpaired) electrons. The molecule has 0 bridgehead atoms. The van der Waals surface area contributed by atoms with Gasteiger partial charge < -0.3 is 9.47 Å². The molecule has 2 heterocycles. The van der Waals surface area contributed by atoms with Crippen LogP contribution in [0.5, 0.6) is 0 Å². The number of benzene rings is 1. The van der Waals surface area contributed by atoms with E-state index >= 15 is 0 Å². The zero-order valence-electron chi connectivity index (χ0n) is 11.9. The summed E-state index contributed by atoms with van der Waals surface area (Å²) in [4.78, 5) is 18.3. The Labute approximate surface area is 121 Å². The average molecular weight is 293 g/mol. The number of likely N-dealkylation sites (tertiary alicyclic amines) is 1. The van der Waals surface area contributed by atoms with Gasteiger partial charge in [-0.2, -0.15) is 0 Å². The Hall–Kier alpha value is -1.98. The molecule has 4 nitrogen and oxygen atoms in total. The lowest BCUT2D eigenvalue weighted by Gasteiger charge is -2.33. The highest BCUT2D eigenvalue weighted by atomic mass is 19.2. The summed E-state index contributed by atoms with van der Waals surface area (Å²) in [6.45, 7) is 2.90. The van der Waals surface area contributed by atoms with Crippen molar-refractivity contribution in [2.24, 2.45) is 0 Å². The van der Waals surface area contributed by atoms with Gasteiger partial charge in [-0.05, 0) is 26.2 Å². The van der Waals surface area contributed by atoms with Gasteiger partial charge in [0.05, 0.1) is 17.4 Å². The number of hydrogen-bond acceptors (Lipinski definition) is 2. The number of halogens is 2. The smallest absolute Gasteiger partial charge is 0.242 e. The second-order valence-corrected chi connectivity index (χ2v) is 5.56. The Morgan fingerprint density at radius 1 is 1.33 bits per heavy atom. The summed E-state index contributed by atoms with van der Waals surface area (Å²) in [5.74, 6) is -1.86. The summed E-state index contributed by atoms with van der Waals surface area (Å²) in [7, 11) is 0. The fourth-order valence-electron chi connectivity index (χ4n) is 2.88. The fraction of sp³-hybridized carbons (Fsp3) is 0.467. The number of rotatable bonds is 2. The predicted octanol–water partition coefficient (Wildman–Crippen LogP) is 2.72. The van der Waals surface area contributed by atoms with Crippen molar-refractivity contribution >= 4 is 16.9 Å². The minimum atomic E-state index is -0.928. The highest BCUT2D eigenvalue weighted by molar-refractivity contribution is 5.81. The van der Waals surface area contributed by atoms with Crippen LogP contribution in [-0.4, -0.2) is 32.9 Å². The van der Waals surface area contributed by atoms with Crippen LogP contribution in [-0.2, 0) is 11.3 Å². The second-order valence-electron chi connectivity index (χ2n) is 5.56. The Bertz CT molecular complexity index is 683. The van der Waals surface area contributed by atoms with Gasteiger partial charge in [-0.15, -0.1) is 0 Å². The van der Waals surface area contributed by atoms with Crippen molar-refractivity contribution in [2.75, 3.05) is 6.54 Å². The molecule has 0 aliphatic carbocycles. The largest absolute Gasteiger partial charge is 0.338 e. The highest BCUT2D eigenvalue weighted by Crippen LogP contribution is 2.20. The van der Waals surface area contributed by atoms with Gasteiger partial charge >= 0.3 is 0 Å². The molecule has 0 spiro atoms. The molecule has 2 aromatic rings. The van der Waals surface area contributed by atoms with Crippen molar-refractivity contribution in [1.82, 2.24) is 14.5 Å². The molecule has 1 aliphatic rings. The van der Waals surface area contributed by atoms with E-state index in [2.05, 4.69) is 4.98 Å². The molecule has 1 aromatic heterocycles. The molecular weight excluding hydrogens is 276 g/mol. The van der Waals surface area contributed by atoms with Crippen molar-refractivity contribution in [3.8, 4) is 0 Å². The van der Waals surface area contributed by atoms with E-state index in [1.54, 1.807) is 4.57 Å². The molecule has 1 amide bonds. The van der Waals surface area contributed by atoms with Crippen LogP contribution >= 0.6 is 0 Å². The topological polar surface area (TPSA) is 38.1 Å². The van der Waals surface area contributed by atoms with Crippen LogP contribution in [0.4, 0.5) is 8.78 Å². The van der Waals surface area contributed by atoms with Gasteiger partial charge in [0.25, 0.3) is 0 Å². The van der Waals surface area contributed by atoms with Crippen molar-refractivity contribution in [1.29, 1.82) is 0 Å². The molecule has 112 valence electrons. The normalized spacial score (nSPS) is 19.2. The van der Waals surface area contributed by atoms with E-state index in [1.807, 2.05) is 11.8 Å². The lowest BCUT2D eigenvalue weighted by Crippen LogP contribution is -2.43. The molecule has 21 heavy (non-hydrogen) atoms. The summed E-state index contributed by atoms with van der Waals surface area (Å²) in [5, 5.41) is 0. The maximum absolute atomic E-state index is 13.3. The molecule has 0 N–H and O–H groups in total. The molecule has 1 atom stereocenters. The molecular formula is C15H17F2N3O. The third kappa shape index (κ3) is 2.62. The number of carbonyl (C=O) groups excluding carboxylic acids is 1. The van der Waals surface area contributed by atoms with E-state index in [4.69, 9.17) is 0 Å². The second kappa shape index (κ2) is 5.42. The van der Waals surface area contributed by atoms with Crippen molar-refractivity contribution in [2.45, 2.75) is 38.8 Å². The molecule has 3 rings (SSSR count). The first-order valence-corrected chi connectivity index (χ1v) is 7.15. The maximum Gasteiger partial charge on any atom is 0.242 e. The van der Waals surface area contributed by atoms with E-state index in [0.29, 0.717) is 11.0 Å². The maximum atomic E-state index is 13.3. The Kier molecular flexibility index (Phi) is 3.61. The van der Waals surface area contributed by atoms with Crippen LogP contribution in [0.15, 0.2) is 18.5 Å². The number of imidazole rings is 1. The lowest BCUT2D eigenvalue weighted by molar-refractivity contribution is -0.135. The SMILES string of the molecule is C[C@H]1CCCCN1C(=O)Cn1cnc2cc(F)c(F)cc21. The Morgan fingerprint density at radius 2 is 2.10 bits per heavy atom. The van der Waals surface area contributed by atoms with E-state index in [9.17, 15) is 13.6 Å². The van der Waals surface area contributed by atoms with Crippen LogP contribution in [0.3, 0.4) is 0 Å². The Balaban J connectivity index is 1.84. The van der Waals surface area contributed by atoms with Gasteiger partial charge in [0.2, 0.25) is 5.91 Å². The average Bonchev–Trinajstić information content (AvgIpc) is 2.82. The van der Waals surface area contributed by atoms with Gasteiger partial charge in [-0.1, -0.05) is 0 Å². The molecule has 1 aromatic carbocycles. The van der Waals surface area contributed by atoms with Gasteiger partial charge in [-0.25, -0.2) is 13.8 Å². The number of carbonyl (C=O) groups is 1. The third-order valence-electron chi connectivity index (χ3n) is 4.09. The first-order valence-electron chi connectivity index (χ1n) is 7.15. The van der Waals surface area contributed by atoms with E-state index in [0.717, 1.165) is 37.9 Å². The minimum Gasteiger partial charge on any atom is -0.338 e. The monoisotopic (exact) mass is 293 g/mol. The van der Waals surface area contributed by atoms with Crippen LogP contribution in [0.25, 0.3) is 11.0 Å². The zero-order chi connectivity index (χ0) is 15.0. The van der Waals surface area contributed by atoms with Crippen molar-refractivity contribution < 1.29 is 13.6 Å². The highest BCUT2D eigenvalue weighted by Gasteiger charge is 2.23. The van der Waals surface area contributed by atoms with Gasteiger partial charge in [0.1, 0.15) is 6.54 Å². The van der Waals surface area contributed by atoms with Crippen molar-refractivity contribution in [3.05, 3.63) is 30.1 Å². The number of aromatic nitrogens is 2. The minimum absolute atomic E-state index is 0.00812. The zero-order valence-corrected chi connectivity index (χ0v) is 11.9. The summed E-state index contributed by atoms with van der Waals surface area (Å²) >= 11 is 0. The van der Waals surface area contributed by atoms with Gasteiger partial charge in [0.15, 0.2) is 11.6 Å². The van der Waals surface area contributed by atoms with E-state index in [-0.39, 0.29) is 18.5 Å². The molecule has 6 heteroatoms. The molecule has 0 unspecified atom stereocenters. The van der Waals surface area contributed by atoms with E-state index in [1.165, 1.54) is 6.33 Å². The summed E-state index contributed by atoms with van der Waals surface area (Å²) in [5.41, 5.74) is 0.792. The number of fused-ring (bicyclic) bond motifs is 1. The van der Waals surface area contributed by atoms with Crippen LogP contribution in [0.2, 0.25) is 0 Å². The number of nitrogens with zero attached hydrogens (tertiary/aromatic N) is 3. The van der Waals surface area contributed by atoms with Crippen LogP contribution < -0.4 is 0 Å². The van der Waals surface area contributed by atoms with Crippen LogP contribution in [0, 0.1) is 11.6 Å². The summed E-state index contributed by atoms with van der Waals surface area (Å²) < 4.78 is 28.1. The third-order valence-corrected chi connectivity index (χ3v) is 4.09. The molecule has 1 saturated heterocycles. The first kappa shape index (κ1) is 14.0. The summed E-state index contributed by atoms with van der Waals surface area (Å²) in [6, 6.07) is 2.37. The molecule has 1 aliphatic heterocycles. The number of amides is 1.